The van der Waals surface area contributed by atoms with Crippen molar-refractivity contribution in [2.24, 2.45) is 0 Å². The van der Waals surface area contributed by atoms with Crippen LogP contribution in [0.1, 0.15) is 17.0 Å². The van der Waals surface area contributed by atoms with Crippen LogP contribution in [0.3, 0.4) is 0 Å². The van der Waals surface area contributed by atoms with Crippen LogP contribution in [-0.4, -0.2) is 30.8 Å². The first kappa shape index (κ1) is 19.1. The molecular formula is C19H14F3N7O2. The first-order valence-corrected chi connectivity index (χ1v) is 9.15. The van der Waals surface area contributed by atoms with Gasteiger partial charge in [0.05, 0.1) is 16.8 Å². The van der Waals surface area contributed by atoms with Gasteiger partial charge in [-0.3, -0.25) is 15.0 Å². The summed E-state index contributed by atoms with van der Waals surface area (Å²) in [5, 5.41) is 11.6. The molecular weight excluding hydrogens is 415 g/mol. The summed E-state index contributed by atoms with van der Waals surface area (Å²) >= 11 is 0. The molecule has 0 radical (unpaired) electrons. The summed E-state index contributed by atoms with van der Waals surface area (Å²) in [5.41, 5.74) is 1.22. The van der Waals surface area contributed by atoms with Gasteiger partial charge in [-0.1, -0.05) is 0 Å². The number of halogens is 3. The second-order valence-electron chi connectivity index (χ2n) is 6.81. The first-order valence-electron chi connectivity index (χ1n) is 9.15. The molecule has 0 saturated heterocycles. The van der Waals surface area contributed by atoms with E-state index in [0.29, 0.717) is 35.6 Å². The van der Waals surface area contributed by atoms with E-state index in [2.05, 4.69) is 30.8 Å². The molecule has 3 N–H and O–H groups in total. The van der Waals surface area contributed by atoms with Crippen LogP contribution in [0.2, 0.25) is 0 Å². The number of nitrogens with zero attached hydrogens (tertiary/aromatic N) is 4. The number of rotatable bonds is 3. The van der Waals surface area contributed by atoms with Crippen molar-refractivity contribution in [1.29, 1.82) is 0 Å². The highest BCUT2D eigenvalue weighted by molar-refractivity contribution is 5.98. The lowest BCUT2D eigenvalue weighted by Gasteiger charge is -2.09. The van der Waals surface area contributed by atoms with Crippen LogP contribution in [0.25, 0.3) is 10.9 Å². The number of benzene rings is 1. The largest absolute Gasteiger partial charge is 0.439 e. The lowest BCUT2D eigenvalue weighted by molar-refractivity contribution is -0.141. The first-order chi connectivity index (χ1) is 14.9. The Kier molecular flexibility index (Phi) is 4.36. The smallest absolute Gasteiger partial charge is 0.435 e. The van der Waals surface area contributed by atoms with Crippen LogP contribution in [0, 0.1) is 0 Å². The summed E-state index contributed by atoms with van der Waals surface area (Å²) in [5.74, 6) is 0.832. The van der Waals surface area contributed by atoms with Crippen molar-refractivity contribution in [3.05, 3.63) is 59.8 Å². The van der Waals surface area contributed by atoms with E-state index in [0.717, 1.165) is 17.3 Å². The van der Waals surface area contributed by atoms with Gasteiger partial charge in [-0.25, -0.2) is 14.8 Å². The standard InChI is InChI=1S/C19H14F3N7O2/c20-19(21,22)15-6-16(28-27-15)26-18(30)29-4-3-10-5-11(1-2-14(10)29)31-17-12-7-23-8-13(12)24-9-25-17/h1-6,9,23H,7-8H2,(H2,26,27,28,30). The summed E-state index contributed by atoms with van der Waals surface area (Å²) in [6.45, 7) is 1.28. The van der Waals surface area contributed by atoms with Crippen molar-refractivity contribution in [3.8, 4) is 11.6 Å². The molecule has 0 aliphatic carbocycles. The Morgan fingerprint density at radius 2 is 2.03 bits per heavy atom. The maximum atomic E-state index is 12.7. The highest BCUT2D eigenvalue weighted by atomic mass is 19.4. The molecule has 1 amide bonds. The number of nitrogens with one attached hydrogen (secondary N) is 3. The van der Waals surface area contributed by atoms with E-state index in [1.165, 1.54) is 17.1 Å². The number of anilines is 1. The van der Waals surface area contributed by atoms with E-state index in [1.807, 2.05) is 0 Å². The second kappa shape index (κ2) is 7.09. The Morgan fingerprint density at radius 3 is 2.84 bits per heavy atom. The van der Waals surface area contributed by atoms with Gasteiger partial charge in [0.25, 0.3) is 0 Å². The number of alkyl halides is 3. The predicted molar refractivity (Wildman–Crippen MR) is 103 cm³/mol. The van der Waals surface area contributed by atoms with Crippen molar-refractivity contribution in [2.75, 3.05) is 5.32 Å². The molecule has 9 nitrogen and oxygen atoms in total. The molecule has 158 valence electrons. The minimum atomic E-state index is -4.60. The van der Waals surface area contributed by atoms with Gasteiger partial charge in [-0.2, -0.15) is 18.3 Å². The number of amides is 1. The number of hydrogen-bond acceptors (Lipinski definition) is 6. The van der Waals surface area contributed by atoms with Gasteiger partial charge in [0, 0.05) is 30.7 Å². The van der Waals surface area contributed by atoms with Crippen LogP contribution in [0.4, 0.5) is 23.8 Å². The lowest BCUT2D eigenvalue weighted by atomic mass is 10.2. The molecule has 0 bridgehead atoms. The Labute approximate surface area is 172 Å². The van der Waals surface area contributed by atoms with E-state index in [-0.39, 0.29) is 5.82 Å². The summed E-state index contributed by atoms with van der Waals surface area (Å²) in [6, 6.07) is 6.89. The van der Waals surface area contributed by atoms with Crippen LogP contribution in [0.15, 0.2) is 42.9 Å². The number of carbonyl (C=O) groups is 1. The number of ether oxygens (including phenoxy) is 1. The molecule has 4 heterocycles. The molecule has 1 aromatic carbocycles. The van der Waals surface area contributed by atoms with Crippen molar-refractivity contribution in [1.82, 2.24) is 30.0 Å². The van der Waals surface area contributed by atoms with E-state index < -0.39 is 17.9 Å². The molecule has 0 saturated carbocycles. The molecule has 1 aliphatic rings. The molecule has 0 atom stereocenters. The van der Waals surface area contributed by atoms with E-state index in [1.54, 1.807) is 24.3 Å². The van der Waals surface area contributed by atoms with Gasteiger partial charge < -0.3 is 10.1 Å². The van der Waals surface area contributed by atoms with Crippen LogP contribution in [0.5, 0.6) is 11.6 Å². The fourth-order valence-corrected chi connectivity index (χ4v) is 3.33. The monoisotopic (exact) mass is 429 g/mol. The zero-order valence-electron chi connectivity index (χ0n) is 15.7. The third kappa shape index (κ3) is 3.57. The Morgan fingerprint density at radius 1 is 1.16 bits per heavy atom. The average Bonchev–Trinajstić information content (AvgIpc) is 3.46. The molecule has 3 aromatic heterocycles. The quantitative estimate of drug-likeness (QED) is 0.459. The number of carbonyl (C=O) groups excluding carboxylic acids is 1. The van der Waals surface area contributed by atoms with Gasteiger partial charge in [0.1, 0.15) is 17.9 Å². The Balaban J connectivity index is 1.36. The average molecular weight is 429 g/mol. The summed E-state index contributed by atoms with van der Waals surface area (Å²) in [4.78, 5) is 20.9. The Hall–Kier alpha value is -3.93. The van der Waals surface area contributed by atoms with E-state index in [4.69, 9.17) is 4.74 Å². The number of aromatic nitrogens is 5. The molecule has 0 fully saturated rings. The van der Waals surface area contributed by atoms with Crippen LogP contribution < -0.4 is 15.4 Å². The predicted octanol–water partition coefficient (Wildman–Crippen LogP) is 3.65. The summed E-state index contributed by atoms with van der Waals surface area (Å²) < 4.78 is 45.2. The SMILES string of the molecule is O=C(Nc1cc(C(F)(F)F)n[nH]1)n1ccc2cc(Oc3ncnc4c3CNC4)ccc21. The molecule has 4 aromatic rings. The second-order valence-corrected chi connectivity index (χ2v) is 6.81. The number of H-pyrrole nitrogens is 1. The fourth-order valence-electron chi connectivity index (χ4n) is 3.33. The fraction of sp³-hybridized carbons (Fsp3) is 0.158. The molecule has 0 unspecified atom stereocenters. The van der Waals surface area contributed by atoms with Gasteiger partial charge >= 0.3 is 12.2 Å². The number of aromatic amines is 1. The normalized spacial score (nSPS) is 13.4. The number of hydrogen-bond donors (Lipinski definition) is 3. The lowest BCUT2D eigenvalue weighted by Crippen LogP contribution is -2.18. The van der Waals surface area contributed by atoms with Crippen molar-refractivity contribution in [2.45, 2.75) is 19.3 Å². The van der Waals surface area contributed by atoms with E-state index >= 15 is 0 Å². The maximum Gasteiger partial charge on any atom is 0.435 e. The van der Waals surface area contributed by atoms with Crippen LogP contribution >= 0.6 is 0 Å². The molecule has 0 spiro atoms. The van der Waals surface area contributed by atoms with Gasteiger partial charge in [-0.05, 0) is 24.3 Å². The molecule has 1 aliphatic heterocycles. The van der Waals surface area contributed by atoms with Crippen LogP contribution in [-0.2, 0) is 19.3 Å². The van der Waals surface area contributed by atoms with E-state index in [9.17, 15) is 18.0 Å². The third-order valence-corrected chi connectivity index (χ3v) is 4.79. The molecule has 31 heavy (non-hydrogen) atoms. The van der Waals surface area contributed by atoms with Crippen molar-refractivity contribution >= 4 is 22.8 Å². The maximum absolute atomic E-state index is 12.7. The topological polar surface area (TPSA) is 110 Å². The van der Waals surface area contributed by atoms with Crippen molar-refractivity contribution in [3.63, 3.8) is 0 Å². The summed E-state index contributed by atoms with van der Waals surface area (Å²) in [7, 11) is 0. The zero-order chi connectivity index (χ0) is 21.6. The summed E-state index contributed by atoms with van der Waals surface area (Å²) in [6.07, 6.45) is -1.65. The number of fused-ring (bicyclic) bond motifs is 2. The van der Waals surface area contributed by atoms with Gasteiger partial charge in [0.15, 0.2) is 5.69 Å². The molecule has 12 heteroatoms. The van der Waals surface area contributed by atoms with Gasteiger partial charge in [0.2, 0.25) is 5.88 Å². The van der Waals surface area contributed by atoms with Gasteiger partial charge in [-0.15, -0.1) is 0 Å². The van der Waals surface area contributed by atoms with Crippen molar-refractivity contribution < 1.29 is 22.7 Å². The highest BCUT2D eigenvalue weighted by Gasteiger charge is 2.34. The minimum absolute atomic E-state index is 0.162. The molecule has 5 rings (SSSR count). The highest BCUT2D eigenvalue weighted by Crippen LogP contribution is 2.30. The Bertz CT molecular complexity index is 1300. The minimum Gasteiger partial charge on any atom is -0.439 e. The third-order valence-electron chi connectivity index (χ3n) is 4.79. The zero-order valence-corrected chi connectivity index (χ0v) is 15.7.